The second kappa shape index (κ2) is 9.23. The molecule has 0 heterocycles. The Bertz CT molecular complexity index is 1610. The number of unbranched alkanes of at least 4 members (excludes halogenated alkanes) is 2. The van der Waals surface area contributed by atoms with Crippen LogP contribution in [0.5, 0.6) is 0 Å². The van der Waals surface area contributed by atoms with Crippen molar-refractivity contribution in [1.82, 2.24) is 0 Å². The molecule has 0 aromatic heterocycles. The quantitative estimate of drug-likeness (QED) is 0.156. The molecule has 40 heavy (non-hydrogen) atoms. The van der Waals surface area contributed by atoms with Crippen LogP contribution in [-0.4, -0.2) is 6.88 Å². The number of allylic oxidation sites excluding steroid dienone is 2. The van der Waals surface area contributed by atoms with Crippen LogP contribution in [0.3, 0.4) is 0 Å². The number of hydrogen-bond donors (Lipinski definition) is 0. The predicted molar refractivity (Wildman–Crippen MR) is 177 cm³/mol. The Balaban J connectivity index is 1.99. The van der Waals surface area contributed by atoms with Crippen molar-refractivity contribution >= 4 is 25.6 Å². The van der Waals surface area contributed by atoms with E-state index in [1.165, 1.54) is 56.2 Å². The molecule has 0 bridgehead atoms. The van der Waals surface area contributed by atoms with Gasteiger partial charge in [0.2, 0.25) is 0 Å². The maximum atomic E-state index is 2.68. The fourth-order valence-corrected chi connectivity index (χ4v) is 58.3. The van der Waals surface area contributed by atoms with Gasteiger partial charge in [-0.1, -0.05) is 0 Å². The molecule has 0 nitrogen and oxygen atoms in total. The molecule has 2 atom stereocenters. The molecule has 4 aromatic rings. The summed E-state index contributed by atoms with van der Waals surface area (Å²) in [4.78, 5) is 0. The van der Waals surface area contributed by atoms with Crippen LogP contribution in [0, 0.1) is 0 Å². The van der Waals surface area contributed by atoms with E-state index in [1.807, 2.05) is 0 Å². The van der Waals surface area contributed by atoms with E-state index >= 15 is 0 Å². The van der Waals surface area contributed by atoms with Gasteiger partial charge in [0, 0.05) is 0 Å². The molecule has 0 aliphatic heterocycles. The molecule has 0 amide bonds. The molecule has 0 spiro atoms. The summed E-state index contributed by atoms with van der Waals surface area (Å²) in [5.41, 5.74) is 5.89. The van der Waals surface area contributed by atoms with Gasteiger partial charge in [0.15, 0.2) is 0 Å². The van der Waals surface area contributed by atoms with Gasteiger partial charge in [0.1, 0.15) is 0 Å². The van der Waals surface area contributed by atoms with Crippen molar-refractivity contribution in [3.05, 3.63) is 144 Å². The monoisotopic (exact) mass is 618 g/mol. The van der Waals surface area contributed by atoms with Crippen molar-refractivity contribution in [3.63, 3.8) is 0 Å². The summed E-state index contributed by atoms with van der Waals surface area (Å²) < 4.78 is 6.43. The third kappa shape index (κ3) is 3.05. The van der Waals surface area contributed by atoms with E-state index < -0.39 is 14.4 Å². The summed E-state index contributed by atoms with van der Waals surface area (Å²) in [7, 11) is 0. The van der Waals surface area contributed by atoms with Gasteiger partial charge in [-0.2, -0.15) is 0 Å². The summed E-state index contributed by atoms with van der Waals surface area (Å²) >= 11 is -5.74. The number of rotatable bonds is 10. The van der Waals surface area contributed by atoms with Crippen LogP contribution < -0.4 is 6.54 Å². The van der Waals surface area contributed by atoms with Crippen LogP contribution in [0.4, 0.5) is 0 Å². The van der Waals surface area contributed by atoms with Crippen molar-refractivity contribution in [2.24, 2.45) is 0 Å². The van der Waals surface area contributed by atoms with E-state index in [2.05, 4.69) is 154 Å². The first-order valence-electron chi connectivity index (χ1n) is 15.5. The van der Waals surface area contributed by atoms with Crippen LogP contribution in [-0.2, 0) is 14.4 Å². The summed E-state index contributed by atoms with van der Waals surface area (Å²) in [6, 6.07) is 42.7. The molecule has 0 radical (unpaired) electrons. The Morgan fingerprint density at radius 2 is 0.900 bits per heavy atom. The number of fused-ring (bicyclic) bond motifs is 2. The SMILES string of the molecule is CCC[CH2][Zr](=[SiH2])([CH2]CCC)([c]1ccccc1)([c]1ccccc1)([CH]1C=Cc2ccccc21)[CH]1C=Cc2ccccc21. The zero-order valence-electron chi connectivity index (χ0n) is 24.3. The minimum absolute atomic E-state index is 0.329. The third-order valence-corrected chi connectivity index (χ3v) is 63.3. The van der Waals surface area contributed by atoms with Crippen molar-refractivity contribution in [2.45, 2.75) is 55.0 Å². The summed E-state index contributed by atoms with van der Waals surface area (Å²) in [5, 5.41) is 0. The van der Waals surface area contributed by atoms with Gasteiger partial charge in [0.25, 0.3) is 0 Å². The van der Waals surface area contributed by atoms with Crippen LogP contribution >= 0.6 is 0 Å². The first-order valence-corrected chi connectivity index (χ1v) is 30.2. The van der Waals surface area contributed by atoms with Crippen LogP contribution in [0.25, 0.3) is 12.2 Å². The van der Waals surface area contributed by atoms with Crippen molar-refractivity contribution in [3.8, 4) is 0 Å². The van der Waals surface area contributed by atoms with Crippen molar-refractivity contribution in [1.29, 1.82) is 0 Å². The molecular weight excluding hydrogens is 576 g/mol. The zero-order valence-corrected chi connectivity index (χ0v) is 28.2. The average Bonchev–Trinajstić information content (AvgIpc) is 3.68. The van der Waals surface area contributed by atoms with Crippen LogP contribution in [0.1, 0.15) is 69.0 Å². The molecule has 0 fully saturated rings. The molecule has 0 saturated carbocycles. The third-order valence-electron chi connectivity index (χ3n) is 12.5. The Morgan fingerprint density at radius 3 is 1.30 bits per heavy atom. The summed E-state index contributed by atoms with van der Waals surface area (Å²) in [6.07, 6.45) is 15.1. The van der Waals surface area contributed by atoms with E-state index in [1.54, 1.807) is 6.54 Å². The molecule has 2 aliphatic rings. The predicted octanol–water partition coefficient (Wildman–Crippen LogP) is 8.92. The standard InChI is InChI=1S/2C9H7.2C6H5.2C4H9.H2Si.Zr/c2*1-2-5-9-7-3-6-8(9)4-1;2*1-2-4-6-5-3-1;2*1-3-4-2;;/h2*1-7H;2*1-5H;2*1,3-4H2,2H3;1H2;. The maximum absolute atomic E-state index is 5.74. The van der Waals surface area contributed by atoms with E-state index in [0.29, 0.717) is 7.25 Å². The topological polar surface area (TPSA) is 0 Å². The van der Waals surface area contributed by atoms with Crippen LogP contribution in [0.2, 0.25) is 8.26 Å². The van der Waals surface area contributed by atoms with Gasteiger partial charge in [-0.05, 0) is 0 Å². The van der Waals surface area contributed by atoms with Gasteiger partial charge < -0.3 is 0 Å². The van der Waals surface area contributed by atoms with Crippen molar-refractivity contribution < 1.29 is 14.4 Å². The average molecular weight is 620 g/mol. The Hall–Kier alpha value is -2.54. The van der Waals surface area contributed by atoms with Gasteiger partial charge in [-0.3, -0.25) is 0 Å². The fourth-order valence-electron chi connectivity index (χ4n) is 10.5. The normalized spacial score (nSPS) is 20.2. The molecule has 2 heteroatoms. The van der Waals surface area contributed by atoms with Crippen LogP contribution in [0.15, 0.2) is 121 Å². The number of benzene rings is 4. The fraction of sp³-hybridized carbons (Fsp3) is 0.263. The van der Waals surface area contributed by atoms with E-state index in [4.69, 9.17) is 0 Å². The first-order chi connectivity index (χ1) is 19.4. The summed E-state index contributed by atoms with van der Waals surface area (Å²) in [5.74, 6) is 0. The second-order valence-corrected chi connectivity index (χ2v) is 56.3. The summed E-state index contributed by atoms with van der Waals surface area (Å²) in [6.45, 7) is 7.37. The Kier molecular flexibility index (Phi) is 6.38. The van der Waals surface area contributed by atoms with Gasteiger partial charge in [-0.25, -0.2) is 0 Å². The first kappa shape index (κ1) is 27.6. The van der Waals surface area contributed by atoms with Gasteiger partial charge >= 0.3 is 239 Å². The molecule has 2 aliphatic carbocycles. The van der Waals surface area contributed by atoms with Gasteiger partial charge in [0.05, 0.1) is 0 Å². The molecule has 2 unspecified atom stereocenters. The second-order valence-electron chi connectivity index (χ2n) is 13.8. The van der Waals surface area contributed by atoms with E-state index in [-0.39, 0.29) is 0 Å². The molecule has 4 aromatic carbocycles. The zero-order chi connectivity index (χ0) is 27.8. The molecule has 204 valence electrons. The molecule has 0 N–H and O–H groups in total. The molecule has 6 rings (SSSR count). The van der Waals surface area contributed by atoms with E-state index in [9.17, 15) is 0 Å². The van der Waals surface area contributed by atoms with E-state index in [0.717, 1.165) is 0 Å². The van der Waals surface area contributed by atoms with Gasteiger partial charge in [-0.15, -0.1) is 0 Å². The minimum atomic E-state index is -5.74. The van der Waals surface area contributed by atoms with Crippen molar-refractivity contribution in [2.75, 3.05) is 0 Å². The molecular formula is C38H44SiZr. The Morgan fingerprint density at radius 1 is 0.525 bits per heavy atom. The number of hydrogen-bond acceptors (Lipinski definition) is 0. The molecule has 0 saturated heterocycles. The Labute approximate surface area is 237 Å².